The molecule has 1 rings (SSSR count). The zero-order valence-electron chi connectivity index (χ0n) is 12.9. The second kappa shape index (κ2) is 5.40. The van der Waals surface area contributed by atoms with Gasteiger partial charge >= 0.3 is 5.97 Å². The molecule has 0 saturated heterocycles. The highest BCUT2D eigenvalue weighted by Crippen LogP contribution is 2.02. The summed E-state index contributed by atoms with van der Waals surface area (Å²) in [7, 11) is 0. The molecule has 0 aliphatic rings. The van der Waals surface area contributed by atoms with Crippen molar-refractivity contribution in [3.63, 3.8) is 0 Å². The van der Waals surface area contributed by atoms with Crippen molar-refractivity contribution in [2.75, 3.05) is 6.61 Å². The lowest BCUT2D eigenvalue weighted by molar-refractivity contribution is -0.144. The van der Waals surface area contributed by atoms with Crippen LogP contribution < -0.4 is 5.73 Å². The fourth-order valence-electron chi connectivity index (χ4n) is 0.930. The number of nitrogens with two attached hydrogens (primary N) is 1. The van der Waals surface area contributed by atoms with Gasteiger partial charge in [-0.15, -0.1) is 0 Å². The smallest absolute Gasteiger partial charge is 0.323 e. The molecule has 0 heterocycles. The number of rotatable bonds is 4. The first-order valence-electron chi connectivity index (χ1n) is 6.79. The molecule has 0 amide bonds. The highest BCUT2D eigenvalue weighted by Gasteiger charge is 2.14. The maximum absolute atomic E-state index is 11.4. The van der Waals surface area contributed by atoms with Gasteiger partial charge in [0.05, 0.1) is 13.5 Å². The van der Waals surface area contributed by atoms with Crippen LogP contribution >= 0.6 is 0 Å². The molecule has 2 N–H and O–H groups in total. The minimum atomic E-state index is -1.05. The quantitative estimate of drug-likeness (QED) is 0.738. The lowest BCUT2D eigenvalue weighted by Crippen LogP contribution is -2.34. The van der Waals surface area contributed by atoms with Crippen molar-refractivity contribution in [1.82, 2.24) is 0 Å². The molecule has 1 aromatic rings. The summed E-state index contributed by atoms with van der Waals surface area (Å²) in [5.74, 6) is -0.658. The maximum Gasteiger partial charge on any atom is 0.323 e. The Kier molecular flexibility index (Phi) is 2.12. The Labute approximate surface area is 90.9 Å². The van der Waals surface area contributed by atoms with E-state index in [-0.39, 0.29) is 30.7 Å². The molecule has 1 aromatic carbocycles. The van der Waals surface area contributed by atoms with Crippen LogP contribution in [0.4, 0.5) is 0 Å². The van der Waals surface area contributed by atoms with Crippen LogP contribution in [0.1, 0.15) is 19.3 Å². The molecule has 1 atom stereocenters. The third-order valence-corrected chi connectivity index (χ3v) is 1.57. The fraction of sp³-hybridized carbons (Fsp3) is 0.364. The van der Waals surface area contributed by atoms with E-state index in [9.17, 15) is 4.79 Å². The number of esters is 1. The third-order valence-electron chi connectivity index (χ3n) is 1.57. The molecule has 0 spiro atoms. The Hall–Kier alpha value is -1.35. The van der Waals surface area contributed by atoms with Gasteiger partial charge in [-0.25, -0.2) is 0 Å². The molecular formula is C11H15NO2. The van der Waals surface area contributed by atoms with Crippen LogP contribution in [-0.4, -0.2) is 18.6 Å². The van der Waals surface area contributed by atoms with Crippen LogP contribution in [-0.2, 0) is 16.0 Å². The van der Waals surface area contributed by atoms with Crippen LogP contribution in [0, 0.1) is 0 Å². The Morgan fingerprint density at radius 2 is 2.21 bits per heavy atom. The van der Waals surface area contributed by atoms with E-state index in [4.69, 9.17) is 17.3 Å². The number of hydrogen-bond donors (Lipinski definition) is 1. The summed E-state index contributed by atoms with van der Waals surface area (Å²) in [6.45, 7) is 1.81. The SMILES string of the molecule is [2H]c1c([2H])c([2H])c(C[C@H](N)C(=O)OCC)c([2H])c1[2H]. The van der Waals surface area contributed by atoms with E-state index in [1.165, 1.54) is 0 Å². The molecule has 0 bridgehead atoms. The van der Waals surface area contributed by atoms with Crippen molar-refractivity contribution >= 4 is 5.97 Å². The Bertz CT molecular complexity index is 477. The van der Waals surface area contributed by atoms with Gasteiger partial charge in [-0.1, -0.05) is 30.2 Å². The van der Waals surface area contributed by atoms with Gasteiger partial charge in [0.2, 0.25) is 0 Å². The number of hydrogen-bond acceptors (Lipinski definition) is 3. The minimum Gasteiger partial charge on any atom is -0.465 e. The number of ether oxygens (including phenoxy) is 1. The first-order chi connectivity index (χ1) is 8.81. The summed E-state index contributed by atoms with van der Waals surface area (Å²) in [5.41, 5.74) is 5.62. The molecule has 76 valence electrons. The van der Waals surface area contributed by atoms with Gasteiger partial charge in [0.1, 0.15) is 6.04 Å². The van der Waals surface area contributed by atoms with Gasteiger partial charge < -0.3 is 10.5 Å². The monoisotopic (exact) mass is 198 g/mol. The largest absolute Gasteiger partial charge is 0.465 e. The van der Waals surface area contributed by atoms with Crippen LogP contribution in [0.2, 0.25) is 0 Å². The topological polar surface area (TPSA) is 52.3 Å². The standard InChI is InChI=1S/C11H15NO2/c1-2-14-11(13)10(12)8-9-6-4-3-5-7-9/h3-7,10H,2,8,12H2,1H3/t10-/m0/s1/i3D,4D,5D,6D,7D. The van der Waals surface area contributed by atoms with Gasteiger partial charge in [-0.3, -0.25) is 4.79 Å². The van der Waals surface area contributed by atoms with Gasteiger partial charge in [0, 0.05) is 0 Å². The summed E-state index contributed by atoms with van der Waals surface area (Å²) in [6, 6.07) is -3.08. The zero-order chi connectivity index (χ0) is 14.7. The van der Waals surface area contributed by atoms with E-state index in [2.05, 4.69) is 0 Å². The van der Waals surface area contributed by atoms with Crippen molar-refractivity contribution in [2.45, 2.75) is 19.4 Å². The van der Waals surface area contributed by atoms with E-state index < -0.39 is 30.1 Å². The van der Waals surface area contributed by atoms with E-state index in [1.807, 2.05) is 0 Å². The lowest BCUT2D eigenvalue weighted by Gasteiger charge is -2.09. The highest BCUT2D eigenvalue weighted by atomic mass is 16.5. The molecule has 14 heavy (non-hydrogen) atoms. The maximum atomic E-state index is 11.4. The number of carbonyl (C=O) groups excluding carboxylic acids is 1. The molecule has 0 aliphatic heterocycles. The Morgan fingerprint density at radius 3 is 2.79 bits per heavy atom. The molecule has 3 heteroatoms. The predicted molar refractivity (Wildman–Crippen MR) is 54.8 cm³/mol. The number of benzene rings is 1. The summed E-state index contributed by atoms with van der Waals surface area (Å²) in [4.78, 5) is 11.4. The summed E-state index contributed by atoms with van der Waals surface area (Å²) >= 11 is 0. The molecule has 0 fully saturated rings. The van der Waals surface area contributed by atoms with Gasteiger partial charge in [0.25, 0.3) is 0 Å². The van der Waals surface area contributed by atoms with Crippen molar-refractivity contribution < 1.29 is 16.4 Å². The molecule has 0 unspecified atom stereocenters. The van der Waals surface area contributed by atoms with Gasteiger partial charge in [-0.2, -0.15) is 0 Å². The average molecular weight is 198 g/mol. The highest BCUT2D eigenvalue weighted by molar-refractivity contribution is 5.75. The normalized spacial score (nSPS) is 17.1. The van der Waals surface area contributed by atoms with Gasteiger partial charge in [0.15, 0.2) is 0 Å². The molecular weight excluding hydrogens is 178 g/mol. The van der Waals surface area contributed by atoms with Crippen LogP contribution in [0.15, 0.2) is 30.2 Å². The van der Waals surface area contributed by atoms with Crippen molar-refractivity contribution in [2.24, 2.45) is 5.73 Å². The zero-order valence-corrected chi connectivity index (χ0v) is 7.89. The second-order valence-electron chi connectivity index (χ2n) is 2.67. The average Bonchev–Trinajstić information content (AvgIpc) is 2.39. The summed E-state index contributed by atoms with van der Waals surface area (Å²) < 4.78 is 42.6. The Balaban J connectivity index is 3.12. The third kappa shape index (κ3) is 3.18. The predicted octanol–water partition coefficient (Wildman–Crippen LogP) is 1.12. The summed E-state index contributed by atoms with van der Waals surface area (Å²) in [6.07, 6.45) is -0.158. The van der Waals surface area contributed by atoms with E-state index in [0.717, 1.165) is 0 Å². The Morgan fingerprint density at radius 1 is 1.57 bits per heavy atom. The molecule has 0 saturated carbocycles. The first-order valence-corrected chi connectivity index (χ1v) is 4.29. The molecule has 0 aliphatic carbocycles. The van der Waals surface area contributed by atoms with Crippen molar-refractivity contribution in [1.29, 1.82) is 0 Å². The summed E-state index contributed by atoms with van der Waals surface area (Å²) in [5, 5.41) is 0. The lowest BCUT2D eigenvalue weighted by atomic mass is 10.1. The molecule has 3 nitrogen and oxygen atoms in total. The van der Waals surface area contributed by atoms with E-state index in [1.54, 1.807) is 6.92 Å². The van der Waals surface area contributed by atoms with Crippen LogP contribution in [0.5, 0.6) is 0 Å². The van der Waals surface area contributed by atoms with Crippen LogP contribution in [0.3, 0.4) is 0 Å². The fourth-order valence-corrected chi connectivity index (χ4v) is 0.930. The molecule has 0 radical (unpaired) electrons. The molecule has 0 aromatic heterocycles. The first kappa shape index (κ1) is 5.51. The number of carbonyl (C=O) groups is 1. The van der Waals surface area contributed by atoms with E-state index in [0.29, 0.717) is 0 Å². The van der Waals surface area contributed by atoms with Crippen molar-refractivity contribution in [3.8, 4) is 0 Å². The second-order valence-corrected chi connectivity index (χ2v) is 2.67. The van der Waals surface area contributed by atoms with Crippen LogP contribution in [0.25, 0.3) is 0 Å². The van der Waals surface area contributed by atoms with Crippen molar-refractivity contribution in [3.05, 3.63) is 35.8 Å². The van der Waals surface area contributed by atoms with Gasteiger partial charge in [-0.05, 0) is 18.9 Å². The van der Waals surface area contributed by atoms with E-state index >= 15 is 0 Å². The minimum absolute atomic E-state index is 0.0200.